The number of nitrogens with zero attached hydrogens (tertiary/aromatic N) is 1. The van der Waals surface area contributed by atoms with Gasteiger partial charge in [0.05, 0.1) is 17.8 Å². The lowest BCUT2D eigenvalue weighted by atomic mass is 9.98. The van der Waals surface area contributed by atoms with Crippen LogP contribution in [-0.2, 0) is 4.74 Å². The van der Waals surface area contributed by atoms with E-state index in [1.165, 1.54) is 0 Å². The number of hydrogen-bond acceptors (Lipinski definition) is 4. The van der Waals surface area contributed by atoms with E-state index in [2.05, 4.69) is 5.32 Å². The van der Waals surface area contributed by atoms with Gasteiger partial charge in [0.2, 0.25) is 0 Å². The first-order valence-electron chi connectivity index (χ1n) is 8.34. The number of likely N-dealkylation sites (tertiary alicyclic amines) is 1. The van der Waals surface area contributed by atoms with Gasteiger partial charge in [-0.3, -0.25) is 0 Å². The van der Waals surface area contributed by atoms with Crippen molar-refractivity contribution in [1.82, 2.24) is 4.90 Å². The Morgan fingerprint density at radius 1 is 1.42 bits per heavy atom. The number of halogens is 1. The lowest BCUT2D eigenvalue weighted by molar-refractivity contribution is 0.0172. The van der Waals surface area contributed by atoms with Gasteiger partial charge in [-0.2, -0.15) is 0 Å². The molecule has 1 atom stereocenters. The fraction of sp³-hybridized carbons (Fsp3) is 0.611. The van der Waals surface area contributed by atoms with Gasteiger partial charge in [0.25, 0.3) is 0 Å². The maximum Gasteiger partial charge on any atom is 0.410 e. The van der Waals surface area contributed by atoms with Gasteiger partial charge >= 0.3 is 6.09 Å². The van der Waals surface area contributed by atoms with Crippen LogP contribution >= 0.6 is 11.6 Å². The maximum absolute atomic E-state index is 12.2. The average Bonchev–Trinajstić information content (AvgIpc) is 2.51. The first-order valence-corrected chi connectivity index (χ1v) is 8.72. The molecule has 2 rings (SSSR count). The van der Waals surface area contributed by atoms with E-state index < -0.39 is 5.60 Å². The van der Waals surface area contributed by atoms with Gasteiger partial charge in [0.1, 0.15) is 5.60 Å². The predicted octanol–water partition coefficient (Wildman–Crippen LogP) is 4.41. The second-order valence-electron chi connectivity index (χ2n) is 7.14. The van der Waals surface area contributed by atoms with E-state index in [4.69, 9.17) is 21.1 Å². The Labute approximate surface area is 149 Å². The minimum atomic E-state index is -0.462. The molecule has 0 spiro atoms. The molecule has 5 nitrogen and oxygen atoms in total. The molecule has 1 aliphatic heterocycles. The van der Waals surface area contributed by atoms with Crippen molar-refractivity contribution < 1.29 is 14.3 Å². The monoisotopic (exact) mass is 354 g/mol. The fourth-order valence-corrected chi connectivity index (χ4v) is 3.09. The zero-order valence-electron chi connectivity index (χ0n) is 14.9. The molecule has 0 aliphatic carbocycles. The van der Waals surface area contributed by atoms with Crippen LogP contribution in [0, 0.1) is 5.92 Å². The van der Waals surface area contributed by atoms with Crippen molar-refractivity contribution in [2.75, 3.05) is 32.1 Å². The molecule has 0 bridgehead atoms. The number of methoxy groups -OCH3 is 1. The molecule has 1 saturated heterocycles. The van der Waals surface area contributed by atoms with Crippen LogP contribution in [0.3, 0.4) is 0 Å². The molecule has 6 heteroatoms. The first kappa shape index (κ1) is 18.7. The Kier molecular flexibility index (Phi) is 6.21. The van der Waals surface area contributed by atoms with E-state index in [-0.39, 0.29) is 6.09 Å². The van der Waals surface area contributed by atoms with Crippen molar-refractivity contribution in [2.24, 2.45) is 5.92 Å². The highest BCUT2D eigenvalue weighted by molar-refractivity contribution is 6.32. The summed E-state index contributed by atoms with van der Waals surface area (Å²) in [6, 6.07) is 5.64. The summed E-state index contributed by atoms with van der Waals surface area (Å²) >= 11 is 6.14. The number of hydrogen-bond donors (Lipinski definition) is 1. The number of carbonyl (C=O) groups is 1. The summed E-state index contributed by atoms with van der Waals surface area (Å²) in [7, 11) is 1.61. The van der Waals surface area contributed by atoms with E-state index in [1.807, 2.05) is 32.9 Å². The van der Waals surface area contributed by atoms with Crippen LogP contribution in [0.25, 0.3) is 0 Å². The molecule has 134 valence electrons. The zero-order chi connectivity index (χ0) is 17.7. The number of piperidine rings is 1. The number of para-hydroxylation sites is 1. The number of carbonyl (C=O) groups excluding carboxylic acids is 1. The molecule has 0 aromatic heterocycles. The number of rotatable bonds is 4. The summed E-state index contributed by atoms with van der Waals surface area (Å²) in [6.45, 7) is 7.88. The Bertz CT molecular complexity index is 572. The highest BCUT2D eigenvalue weighted by atomic mass is 35.5. The van der Waals surface area contributed by atoms with Crippen LogP contribution in [-0.4, -0.2) is 43.3 Å². The Morgan fingerprint density at radius 2 is 2.17 bits per heavy atom. The molecular formula is C18H27ClN2O3. The molecule has 1 unspecified atom stereocenters. The van der Waals surface area contributed by atoms with E-state index in [1.54, 1.807) is 18.1 Å². The van der Waals surface area contributed by atoms with Crippen LogP contribution in [0.2, 0.25) is 5.02 Å². The first-order chi connectivity index (χ1) is 11.3. The molecule has 24 heavy (non-hydrogen) atoms. The van der Waals surface area contributed by atoms with Crippen molar-refractivity contribution in [3.8, 4) is 5.75 Å². The fourth-order valence-electron chi connectivity index (χ4n) is 2.83. The third kappa shape index (κ3) is 5.20. The average molecular weight is 355 g/mol. The highest BCUT2D eigenvalue weighted by Crippen LogP contribution is 2.32. The van der Waals surface area contributed by atoms with Crippen LogP contribution in [0.4, 0.5) is 10.5 Å². The summed E-state index contributed by atoms with van der Waals surface area (Å²) in [4.78, 5) is 14.0. The minimum absolute atomic E-state index is 0.229. The molecule has 1 aromatic rings. The molecule has 1 amide bonds. The van der Waals surface area contributed by atoms with E-state index in [9.17, 15) is 4.79 Å². The van der Waals surface area contributed by atoms with Crippen molar-refractivity contribution in [3.05, 3.63) is 23.2 Å². The summed E-state index contributed by atoms with van der Waals surface area (Å²) in [6.07, 6.45) is 1.83. The van der Waals surface area contributed by atoms with Crippen molar-refractivity contribution in [1.29, 1.82) is 0 Å². The van der Waals surface area contributed by atoms with Gasteiger partial charge in [-0.1, -0.05) is 17.7 Å². The van der Waals surface area contributed by atoms with Gasteiger partial charge in [-0.15, -0.1) is 0 Å². The van der Waals surface area contributed by atoms with Gasteiger partial charge in [-0.25, -0.2) is 4.79 Å². The van der Waals surface area contributed by atoms with Gasteiger partial charge in [0, 0.05) is 19.6 Å². The second kappa shape index (κ2) is 7.97. The van der Waals surface area contributed by atoms with Crippen molar-refractivity contribution >= 4 is 23.4 Å². The third-order valence-electron chi connectivity index (χ3n) is 3.92. The molecule has 1 aliphatic rings. The Hall–Kier alpha value is -1.62. The quantitative estimate of drug-likeness (QED) is 0.870. The van der Waals surface area contributed by atoms with E-state index >= 15 is 0 Å². The van der Waals surface area contributed by atoms with Gasteiger partial charge in [-0.05, 0) is 51.7 Å². The number of benzene rings is 1. The number of anilines is 1. The van der Waals surface area contributed by atoms with E-state index in [0.717, 1.165) is 31.6 Å². The Balaban J connectivity index is 1.92. The summed E-state index contributed by atoms with van der Waals surface area (Å²) in [5.41, 5.74) is 0.413. The van der Waals surface area contributed by atoms with Crippen LogP contribution in [0.1, 0.15) is 33.6 Å². The van der Waals surface area contributed by atoms with Crippen molar-refractivity contribution in [3.63, 3.8) is 0 Å². The normalized spacial score (nSPS) is 18.2. The highest BCUT2D eigenvalue weighted by Gasteiger charge is 2.27. The predicted molar refractivity (Wildman–Crippen MR) is 97.0 cm³/mol. The zero-order valence-corrected chi connectivity index (χ0v) is 15.7. The molecular weight excluding hydrogens is 328 g/mol. The number of ether oxygens (including phenoxy) is 2. The summed E-state index contributed by atoms with van der Waals surface area (Å²) < 4.78 is 10.8. The summed E-state index contributed by atoms with van der Waals surface area (Å²) in [5, 5.41) is 3.98. The standard InChI is InChI=1S/C18H27ClN2O3/c1-18(2,3)24-17(22)21-10-6-7-13(12-21)11-20-15-9-5-8-14(19)16(15)23-4/h5,8-9,13,20H,6-7,10-12H2,1-4H3. The van der Waals surface area contributed by atoms with Crippen LogP contribution in [0.5, 0.6) is 5.75 Å². The molecule has 1 aromatic carbocycles. The molecule has 1 fully saturated rings. The maximum atomic E-state index is 12.2. The van der Waals surface area contributed by atoms with Gasteiger partial charge in [0.15, 0.2) is 5.75 Å². The van der Waals surface area contributed by atoms with Crippen molar-refractivity contribution in [2.45, 2.75) is 39.2 Å². The summed E-state index contributed by atoms with van der Waals surface area (Å²) in [5.74, 6) is 1.02. The van der Waals surface area contributed by atoms with Gasteiger partial charge < -0.3 is 19.7 Å². The number of amides is 1. The minimum Gasteiger partial charge on any atom is -0.493 e. The third-order valence-corrected chi connectivity index (χ3v) is 4.22. The molecule has 0 saturated carbocycles. The molecule has 1 heterocycles. The lowest BCUT2D eigenvalue weighted by Crippen LogP contribution is -2.44. The second-order valence-corrected chi connectivity index (χ2v) is 7.54. The van der Waals surface area contributed by atoms with Crippen LogP contribution in [0.15, 0.2) is 18.2 Å². The van der Waals surface area contributed by atoms with Crippen LogP contribution < -0.4 is 10.1 Å². The molecule has 1 N–H and O–H groups in total. The largest absolute Gasteiger partial charge is 0.493 e. The number of nitrogens with one attached hydrogen (secondary N) is 1. The molecule has 0 radical (unpaired) electrons. The Morgan fingerprint density at radius 3 is 2.83 bits per heavy atom. The SMILES string of the molecule is COc1c(Cl)cccc1NCC1CCCN(C(=O)OC(C)(C)C)C1. The lowest BCUT2D eigenvalue weighted by Gasteiger charge is -2.34. The topological polar surface area (TPSA) is 50.8 Å². The van der Waals surface area contributed by atoms with E-state index in [0.29, 0.717) is 23.2 Å². The smallest absolute Gasteiger partial charge is 0.410 e.